The lowest BCUT2D eigenvalue weighted by Gasteiger charge is -2.15. The number of aryl methyl sites for hydroxylation is 2. The van der Waals surface area contributed by atoms with E-state index in [0.29, 0.717) is 0 Å². The van der Waals surface area contributed by atoms with Crippen LogP contribution >= 0.6 is 0 Å². The van der Waals surface area contributed by atoms with Gasteiger partial charge in [-0.25, -0.2) is 0 Å². The van der Waals surface area contributed by atoms with Crippen LogP contribution < -0.4 is 0 Å². The minimum atomic E-state index is -0.632. The first-order valence-electron chi connectivity index (χ1n) is 6.97. The molecule has 1 N–H and O–H groups in total. The number of rotatable bonds is 5. The molecular weight excluding hydrogens is 234 g/mol. The maximum absolute atomic E-state index is 10.5. The summed E-state index contributed by atoms with van der Waals surface area (Å²) in [7, 11) is 0. The van der Waals surface area contributed by atoms with E-state index in [0.717, 1.165) is 36.1 Å². The van der Waals surface area contributed by atoms with Crippen molar-refractivity contribution < 1.29 is 5.11 Å². The lowest BCUT2D eigenvalue weighted by atomic mass is 9.98. The van der Waals surface area contributed by atoms with Crippen molar-refractivity contribution in [3.8, 4) is 0 Å². The predicted octanol–water partition coefficient (Wildman–Crippen LogP) is 3.68. The molecule has 0 aliphatic carbocycles. The zero-order valence-corrected chi connectivity index (χ0v) is 11.6. The van der Waals surface area contributed by atoms with E-state index in [-0.39, 0.29) is 0 Å². The average Bonchev–Trinajstić information content (AvgIpc) is 2.47. The smallest absolute Gasteiger partial charge is 0.121 e. The van der Waals surface area contributed by atoms with Crippen molar-refractivity contribution in [3.05, 3.63) is 65.0 Å². The summed E-state index contributed by atoms with van der Waals surface area (Å²) in [4.78, 5) is 4.35. The average molecular weight is 255 g/mol. The van der Waals surface area contributed by atoms with Gasteiger partial charge in [-0.05, 0) is 35.6 Å². The van der Waals surface area contributed by atoms with Crippen molar-refractivity contribution in [3.63, 3.8) is 0 Å². The Morgan fingerprint density at radius 3 is 2.74 bits per heavy atom. The molecule has 2 rings (SSSR count). The molecule has 0 aliphatic heterocycles. The van der Waals surface area contributed by atoms with Gasteiger partial charge in [0.05, 0.1) is 5.69 Å². The van der Waals surface area contributed by atoms with E-state index >= 15 is 0 Å². The number of aromatic nitrogens is 1. The zero-order valence-electron chi connectivity index (χ0n) is 11.6. The lowest BCUT2D eigenvalue weighted by Crippen LogP contribution is -2.06. The van der Waals surface area contributed by atoms with Gasteiger partial charge in [0.2, 0.25) is 0 Å². The maximum atomic E-state index is 10.5. The van der Waals surface area contributed by atoms with Gasteiger partial charge in [0, 0.05) is 6.20 Å². The number of nitrogens with zero attached hydrogens (tertiary/aromatic N) is 1. The van der Waals surface area contributed by atoms with Crippen molar-refractivity contribution in [1.29, 1.82) is 0 Å². The van der Waals surface area contributed by atoms with Gasteiger partial charge in [0.1, 0.15) is 6.10 Å². The van der Waals surface area contributed by atoms with Crippen LogP contribution in [0.3, 0.4) is 0 Å². The van der Waals surface area contributed by atoms with E-state index in [4.69, 9.17) is 0 Å². The highest BCUT2D eigenvalue weighted by Gasteiger charge is 2.15. The Kier molecular flexibility index (Phi) is 4.69. The van der Waals surface area contributed by atoms with Crippen molar-refractivity contribution in [2.24, 2.45) is 0 Å². The van der Waals surface area contributed by atoms with E-state index < -0.39 is 6.10 Å². The number of benzene rings is 1. The number of pyridine rings is 1. The van der Waals surface area contributed by atoms with Gasteiger partial charge in [-0.15, -0.1) is 0 Å². The normalized spacial score (nSPS) is 12.4. The van der Waals surface area contributed by atoms with E-state index in [1.807, 2.05) is 24.3 Å². The summed E-state index contributed by atoms with van der Waals surface area (Å²) >= 11 is 0. The monoisotopic (exact) mass is 255 g/mol. The molecule has 1 atom stereocenters. The molecular formula is C17H21NO. The molecule has 1 aromatic heterocycles. The molecule has 0 amide bonds. The van der Waals surface area contributed by atoms with Crippen LogP contribution in [0.25, 0.3) is 0 Å². The van der Waals surface area contributed by atoms with Crippen molar-refractivity contribution in [2.75, 3.05) is 0 Å². The summed E-state index contributed by atoms with van der Waals surface area (Å²) in [5.41, 5.74) is 4.09. The third-order valence-corrected chi connectivity index (χ3v) is 3.37. The van der Waals surface area contributed by atoms with Gasteiger partial charge in [0.25, 0.3) is 0 Å². The fourth-order valence-electron chi connectivity index (χ4n) is 2.36. The van der Waals surface area contributed by atoms with E-state index in [9.17, 15) is 5.11 Å². The van der Waals surface area contributed by atoms with Crippen molar-refractivity contribution in [2.45, 2.75) is 39.2 Å². The van der Waals surface area contributed by atoms with E-state index in [1.54, 1.807) is 6.20 Å². The van der Waals surface area contributed by atoms with Gasteiger partial charge in [0.15, 0.2) is 0 Å². The summed E-state index contributed by atoms with van der Waals surface area (Å²) in [5, 5.41) is 10.5. The largest absolute Gasteiger partial charge is 0.382 e. The van der Waals surface area contributed by atoms with Crippen LogP contribution in [0.4, 0.5) is 0 Å². The Hall–Kier alpha value is -1.67. The molecule has 2 nitrogen and oxygen atoms in total. The molecule has 1 aromatic carbocycles. The molecule has 0 aliphatic rings. The second-order valence-electron chi connectivity index (χ2n) is 4.80. The molecule has 0 fully saturated rings. The Morgan fingerprint density at radius 1 is 1.16 bits per heavy atom. The number of aliphatic hydroxyl groups is 1. The number of hydrogen-bond acceptors (Lipinski definition) is 2. The first kappa shape index (κ1) is 13.8. The van der Waals surface area contributed by atoms with Crippen molar-refractivity contribution in [1.82, 2.24) is 4.98 Å². The summed E-state index contributed by atoms with van der Waals surface area (Å²) in [6.07, 6.45) is 4.16. The van der Waals surface area contributed by atoms with Crippen LogP contribution in [-0.2, 0) is 12.8 Å². The molecule has 1 heterocycles. The Bertz CT molecular complexity index is 536. The van der Waals surface area contributed by atoms with Crippen LogP contribution in [0.5, 0.6) is 0 Å². The third-order valence-electron chi connectivity index (χ3n) is 3.37. The molecule has 0 saturated carbocycles. The molecule has 0 spiro atoms. The Balaban J connectivity index is 2.32. The van der Waals surface area contributed by atoms with Gasteiger partial charge < -0.3 is 5.11 Å². The van der Waals surface area contributed by atoms with Crippen LogP contribution in [-0.4, -0.2) is 10.1 Å². The van der Waals surface area contributed by atoms with Gasteiger partial charge in [-0.1, -0.05) is 50.6 Å². The highest BCUT2D eigenvalue weighted by molar-refractivity contribution is 5.33. The fourth-order valence-corrected chi connectivity index (χ4v) is 2.36. The van der Waals surface area contributed by atoms with Gasteiger partial charge in [-0.2, -0.15) is 0 Å². The quantitative estimate of drug-likeness (QED) is 0.884. The molecule has 1 unspecified atom stereocenters. The van der Waals surface area contributed by atoms with Gasteiger partial charge >= 0.3 is 0 Å². The molecule has 0 bridgehead atoms. The van der Waals surface area contributed by atoms with Crippen LogP contribution in [0.1, 0.15) is 48.8 Å². The maximum Gasteiger partial charge on any atom is 0.121 e. The molecule has 2 aromatic rings. The second-order valence-corrected chi connectivity index (χ2v) is 4.80. The van der Waals surface area contributed by atoms with Crippen molar-refractivity contribution >= 4 is 0 Å². The highest BCUT2D eigenvalue weighted by Crippen LogP contribution is 2.24. The molecule has 0 saturated heterocycles. The van der Waals surface area contributed by atoms with E-state index in [1.165, 1.54) is 5.56 Å². The predicted molar refractivity (Wildman–Crippen MR) is 78.1 cm³/mol. The van der Waals surface area contributed by atoms with E-state index in [2.05, 4.69) is 31.0 Å². The summed E-state index contributed by atoms with van der Waals surface area (Å²) < 4.78 is 0. The first-order valence-corrected chi connectivity index (χ1v) is 6.97. The minimum absolute atomic E-state index is 0.632. The first-order chi connectivity index (χ1) is 9.26. The second kappa shape index (κ2) is 6.48. The highest BCUT2D eigenvalue weighted by atomic mass is 16.3. The molecule has 0 radical (unpaired) electrons. The van der Waals surface area contributed by atoms with Gasteiger partial charge in [-0.3, -0.25) is 4.98 Å². The zero-order chi connectivity index (χ0) is 13.7. The Labute approximate surface area is 115 Å². The summed E-state index contributed by atoms with van der Waals surface area (Å²) in [6.45, 7) is 4.25. The third kappa shape index (κ3) is 3.21. The molecule has 100 valence electrons. The fraction of sp³-hybridized carbons (Fsp3) is 0.353. The topological polar surface area (TPSA) is 33.1 Å². The van der Waals surface area contributed by atoms with Crippen LogP contribution in [0.15, 0.2) is 42.6 Å². The summed E-state index contributed by atoms with van der Waals surface area (Å²) in [6, 6.07) is 12.1. The SMILES string of the molecule is CCCc1cccc(C(O)c2ncccc2CC)c1. The number of aliphatic hydroxyl groups excluding tert-OH is 1. The number of hydrogen-bond donors (Lipinski definition) is 1. The summed E-state index contributed by atoms with van der Waals surface area (Å²) in [5.74, 6) is 0. The van der Waals surface area contributed by atoms with Crippen LogP contribution in [0.2, 0.25) is 0 Å². The lowest BCUT2D eigenvalue weighted by molar-refractivity contribution is 0.214. The minimum Gasteiger partial charge on any atom is -0.382 e. The standard InChI is InChI=1S/C17H21NO/c1-3-7-13-8-5-9-15(12-13)17(19)16-14(4-2)10-6-11-18-16/h5-6,8-12,17,19H,3-4,7H2,1-2H3. The van der Waals surface area contributed by atoms with Crippen LogP contribution in [0, 0.1) is 0 Å². The Morgan fingerprint density at radius 2 is 2.00 bits per heavy atom. The molecule has 19 heavy (non-hydrogen) atoms. The molecule has 2 heteroatoms.